The Hall–Kier alpha value is -2.93. The Labute approximate surface area is 212 Å². The number of benzene rings is 3. The number of aryl methyl sites for hydroxylation is 1. The summed E-state index contributed by atoms with van der Waals surface area (Å²) < 4.78 is 11.8. The molecule has 0 N–H and O–H groups in total. The van der Waals surface area contributed by atoms with Crippen LogP contribution < -0.4 is 14.4 Å². The molecule has 0 aromatic heterocycles. The fourth-order valence-electron chi connectivity index (χ4n) is 3.46. The van der Waals surface area contributed by atoms with Gasteiger partial charge in [-0.1, -0.05) is 53.0 Å². The molecule has 2 amide bonds. The number of nitrogens with zero attached hydrogens (tertiary/aromatic N) is 1. The quantitative estimate of drug-likeness (QED) is 0.305. The van der Waals surface area contributed by atoms with Crippen LogP contribution in [0.25, 0.3) is 6.08 Å². The molecule has 0 unspecified atom stereocenters. The van der Waals surface area contributed by atoms with Crippen LogP contribution in [0.1, 0.15) is 23.6 Å². The van der Waals surface area contributed by atoms with Crippen LogP contribution in [-0.4, -0.2) is 17.8 Å². The van der Waals surface area contributed by atoms with Gasteiger partial charge in [0, 0.05) is 5.02 Å². The van der Waals surface area contributed by atoms with Crippen molar-refractivity contribution in [3.05, 3.63) is 92.3 Å². The summed E-state index contributed by atoms with van der Waals surface area (Å²) in [5, 5.41) is 0.489. The number of hydrogen-bond donors (Lipinski definition) is 0. The highest BCUT2D eigenvalue weighted by Crippen LogP contribution is 2.40. The van der Waals surface area contributed by atoms with Gasteiger partial charge in [0.05, 0.1) is 22.2 Å². The average molecular weight is 514 g/mol. The van der Waals surface area contributed by atoms with Crippen LogP contribution in [-0.2, 0) is 11.4 Å². The molecule has 0 spiro atoms. The van der Waals surface area contributed by atoms with Crippen molar-refractivity contribution in [2.24, 2.45) is 0 Å². The molecule has 1 aliphatic rings. The topological polar surface area (TPSA) is 55.8 Å². The van der Waals surface area contributed by atoms with E-state index in [4.69, 9.17) is 32.7 Å². The zero-order chi connectivity index (χ0) is 24.2. The third kappa shape index (κ3) is 5.41. The monoisotopic (exact) mass is 513 g/mol. The summed E-state index contributed by atoms with van der Waals surface area (Å²) in [6.07, 6.45) is 1.62. The fraction of sp³-hybridized carbons (Fsp3) is 0.154. The van der Waals surface area contributed by atoms with E-state index < -0.39 is 5.91 Å². The van der Waals surface area contributed by atoms with Gasteiger partial charge in [-0.05, 0) is 79.2 Å². The zero-order valence-electron chi connectivity index (χ0n) is 18.5. The van der Waals surface area contributed by atoms with E-state index in [1.54, 1.807) is 42.5 Å². The summed E-state index contributed by atoms with van der Waals surface area (Å²) in [5.74, 6) is 0.480. The molecule has 5 nitrogen and oxygen atoms in total. The predicted molar refractivity (Wildman–Crippen MR) is 138 cm³/mol. The fourth-order valence-corrected chi connectivity index (χ4v) is 4.70. The van der Waals surface area contributed by atoms with Crippen molar-refractivity contribution in [1.82, 2.24) is 0 Å². The zero-order valence-corrected chi connectivity index (χ0v) is 20.8. The molecule has 0 bridgehead atoms. The van der Waals surface area contributed by atoms with Gasteiger partial charge in [0.25, 0.3) is 11.1 Å². The number of anilines is 1. The van der Waals surface area contributed by atoms with Gasteiger partial charge in [-0.3, -0.25) is 9.59 Å². The molecular formula is C26H21Cl2NO4S. The molecule has 8 heteroatoms. The van der Waals surface area contributed by atoms with E-state index in [9.17, 15) is 9.59 Å². The van der Waals surface area contributed by atoms with Gasteiger partial charge in [-0.25, -0.2) is 4.90 Å². The van der Waals surface area contributed by atoms with Crippen molar-refractivity contribution < 1.29 is 19.1 Å². The second-order valence-electron chi connectivity index (χ2n) is 7.53. The van der Waals surface area contributed by atoms with Crippen LogP contribution in [0.5, 0.6) is 11.5 Å². The molecule has 174 valence electrons. The third-order valence-corrected chi connectivity index (χ3v) is 6.38. The van der Waals surface area contributed by atoms with Crippen LogP contribution in [0, 0.1) is 6.92 Å². The number of amides is 2. The lowest BCUT2D eigenvalue weighted by molar-refractivity contribution is -0.113. The first kappa shape index (κ1) is 24.2. The van der Waals surface area contributed by atoms with E-state index in [1.807, 2.05) is 38.1 Å². The number of rotatable bonds is 7. The second kappa shape index (κ2) is 10.6. The average Bonchev–Trinajstić information content (AvgIpc) is 3.07. The van der Waals surface area contributed by atoms with E-state index in [1.165, 1.54) is 0 Å². The molecule has 0 radical (unpaired) electrons. The van der Waals surface area contributed by atoms with Crippen molar-refractivity contribution >= 4 is 57.9 Å². The maximum absolute atomic E-state index is 12.9. The Morgan fingerprint density at radius 2 is 1.76 bits per heavy atom. The maximum atomic E-state index is 12.9. The minimum atomic E-state index is -0.411. The van der Waals surface area contributed by atoms with Gasteiger partial charge < -0.3 is 9.47 Å². The first-order valence-electron chi connectivity index (χ1n) is 10.5. The number of hydrogen-bond acceptors (Lipinski definition) is 5. The van der Waals surface area contributed by atoms with Crippen molar-refractivity contribution in [3.63, 3.8) is 0 Å². The van der Waals surface area contributed by atoms with Crippen LogP contribution in [0.2, 0.25) is 10.0 Å². The summed E-state index contributed by atoms with van der Waals surface area (Å²) in [6.45, 7) is 4.63. The molecular weight excluding hydrogens is 493 g/mol. The van der Waals surface area contributed by atoms with Crippen molar-refractivity contribution in [1.29, 1.82) is 0 Å². The predicted octanol–water partition coefficient (Wildman–Crippen LogP) is 7.52. The highest BCUT2D eigenvalue weighted by atomic mass is 35.5. The number of thioether (sulfide) groups is 1. The van der Waals surface area contributed by atoms with E-state index in [0.29, 0.717) is 46.0 Å². The maximum Gasteiger partial charge on any atom is 0.298 e. The number of carbonyl (C=O) groups excluding carboxylic acids is 2. The Morgan fingerprint density at radius 3 is 2.47 bits per heavy atom. The van der Waals surface area contributed by atoms with Gasteiger partial charge in [0.1, 0.15) is 6.61 Å². The SMILES string of the molecule is CCOc1cc(/C=C2/SC(=O)N(c3ccc(Cl)cc3)C2=O)cc(Cl)c1OCc1cccc(C)c1. The molecule has 1 aliphatic heterocycles. The van der Waals surface area contributed by atoms with Gasteiger partial charge in [0.15, 0.2) is 11.5 Å². The van der Waals surface area contributed by atoms with Gasteiger partial charge >= 0.3 is 0 Å². The van der Waals surface area contributed by atoms with Gasteiger partial charge in [0.2, 0.25) is 0 Å². The lowest BCUT2D eigenvalue weighted by atomic mass is 10.1. The number of imide groups is 1. The highest BCUT2D eigenvalue weighted by molar-refractivity contribution is 8.19. The summed E-state index contributed by atoms with van der Waals surface area (Å²) in [6, 6.07) is 18.0. The molecule has 0 atom stereocenters. The molecule has 0 saturated carbocycles. The van der Waals surface area contributed by atoms with Crippen LogP contribution >= 0.6 is 35.0 Å². The van der Waals surface area contributed by atoms with Crippen LogP contribution in [0.4, 0.5) is 10.5 Å². The molecule has 3 aromatic rings. The molecule has 3 aromatic carbocycles. The van der Waals surface area contributed by atoms with Crippen LogP contribution in [0.3, 0.4) is 0 Å². The van der Waals surface area contributed by atoms with E-state index in [2.05, 4.69) is 0 Å². The number of ether oxygens (including phenoxy) is 2. The summed E-state index contributed by atoms with van der Waals surface area (Å²) in [7, 11) is 0. The summed E-state index contributed by atoms with van der Waals surface area (Å²) in [4.78, 5) is 26.9. The third-order valence-electron chi connectivity index (χ3n) is 4.97. The molecule has 1 heterocycles. The summed E-state index contributed by atoms with van der Waals surface area (Å²) in [5.41, 5.74) is 3.24. The first-order valence-corrected chi connectivity index (χ1v) is 12.1. The minimum Gasteiger partial charge on any atom is -0.490 e. The molecule has 0 aliphatic carbocycles. The van der Waals surface area contributed by atoms with Crippen molar-refractivity contribution in [3.8, 4) is 11.5 Å². The molecule has 34 heavy (non-hydrogen) atoms. The van der Waals surface area contributed by atoms with Crippen LogP contribution in [0.15, 0.2) is 65.6 Å². The Bertz CT molecular complexity index is 1270. The van der Waals surface area contributed by atoms with Crippen molar-refractivity contribution in [2.75, 3.05) is 11.5 Å². The Balaban J connectivity index is 1.60. The largest absolute Gasteiger partial charge is 0.490 e. The highest BCUT2D eigenvalue weighted by Gasteiger charge is 2.36. The van der Waals surface area contributed by atoms with Gasteiger partial charge in [-0.15, -0.1) is 0 Å². The Morgan fingerprint density at radius 1 is 1.00 bits per heavy atom. The minimum absolute atomic E-state index is 0.284. The van der Waals surface area contributed by atoms with E-state index in [-0.39, 0.29) is 10.1 Å². The number of carbonyl (C=O) groups is 2. The normalized spacial score (nSPS) is 14.7. The second-order valence-corrected chi connectivity index (χ2v) is 9.37. The van der Waals surface area contributed by atoms with E-state index in [0.717, 1.165) is 27.8 Å². The van der Waals surface area contributed by atoms with E-state index >= 15 is 0 Å². The Kier molecular flexibility index (Phi) is 7.51. The van der Waals surface area contributed by atoms with Gasteiger partial charge in [-0.2, -0.15) is 0 Å². The molecule has 1 saturated heterocycles. The smallest absolute Gasteiger partial charge is 0.298 e. The lowest BCUT2D eigenvalue weighted by Crippen LogP contribution is -2.27. The summed E-state index contributed by atoms with van der Waals surface area (Å²) >= 11 is 13.3. The van der Waals surface area contributed by atoms with Crippen molar-refractivity contribution in [2.45, 2.75) is 20.5 Å². The number of halogens is 2. The molecule has 4 rings (SSSR count). The first-order chi connectivity index (χ1) is 16.4. The standard InChI is InChI=1S/C26H21Cl2NO4S/c1-3-32-22-13-18(12-21(28)24(22)33-15-17-6-4-5-16(2)11-17)14-23-25(30)29(26(31)34-23)20-9-7-19(27)8-10-20/h4-14H,3,15H2,1-2H3/b23-14+. The molecule has 1 fully saturated rings. The lowest BCUT2D eigenvalue weighted by Gasteiger charge is -2.15.